The topological polar surface area (TPSA) is 72.5 Å². The van der Waals surface area contributed by atoms with Crippen LogP contribution in [0.4, 0.5) is 0 Å². The first-order chi connectivity index (χ1) is 12.2. The van der Waals surface area contributed by atoms with E-state index in [4.69, 9.17) is 16.3 Å². The van der Waals surface area contributed by atoms with Crippen molar-refractivity contribution in [3.63, 3.8) is 0 Å². The van der Waals surface area contributed by atoms with Gasteiger partial charge in [0.15, 0.2) is 16.4 Å². The summed E-state index contributed by atoms with van der Waals surface area (Å²) < 4.78 is 28.6. The minimum absolute atomic E-state index is 0.112. The molecule has 2 rings (SSSR count). The normalized spacial score (nSPS) is 12.5. The Morgan fingerprint density at radius 2 is 1.85 bits per heavy atom. The molecular weight excluding hydrogens is 374 g/mol. The van der Waals surface area contributed by atoms with E-state index >= 15 is 0 Å². The number of sulfone groups is 1. The Morgan fingerprint density at radius 1 is 1.19 bits per heavy atom. The number of halogens is 1. The van der Waals surface area contributed by atoms with Crippen molar-refractivity contribution in [2.24, 2.45) is 0 Å². The van der Waals surface area contributed by atoms with Gasteiger partial charge in [0, 0.05) is 11.3 Å². The second kappa shape index (κ2) is 8.56. The zero-order chi connectivity index (χ0) is 19.3. The van der Waals surface area contributed by atoms with E-state index in [1.54, 1.807) is 42.5 Å². The molecule has 0 aromatic heterocycles. The van der Waals surface area contributed by atoms with Gasteiger partial charge in [-0.1, -0.05) is 30.7 Å². The van der Waals surface area contributed by atoms with Crippen LogP contribution < -0.4 is 10.1 Å². The van der Waals surface area contributed by atoms with Crippen LogP contribution in [0.1, 0.15) is 30.5 Å². The van der Waals surface area contributed by atoms with Gasteiger partial charge < -0.3 is 10.1 Å². The Kier molecular flexibility index (Phi) is 6.67. The summed E-state index contributed by atoms with van der Waals surface area (Å²) in [6.07, 6.45) is 1.83. The van der Waals surface area contributed by atoms with Crippen molar-refractivity contribution in [2.45, 2.75) is 31.2 Å². The van der Waals surface area contributed by atoms with Crippen molar-refractivity contribution in [3.8, 4) is 5.75 Å². The van der Waals surface area contributed by atoms with Crippen LogP contribution in [0.2, 0.25) is 5.02 Å². The molecule has 5 nitrogen and oxygen atoms in total. The number of hydrogen-bond acceptors (Lipinski definition) is 4. The van der Waals surface area contributed by atoms with E-state index in [2.05, 4.69) is 5.32 Å². The Morgan fingerprint density at radius 3 is 2.38 bits per heavy atom. The number of rotatable bonds is 7. The molecule has 0 aliphatic carbocycles. The highest BCUT2D eigenvalue weighted by atomic mass is 35.5. The van der Waals surface area contributed by atoms with E-state index < -0.39 is 9.84 Å². The molecule has 0 radical (unpaired) electrons. The number of benzene rings is 2. The molecule has 2 aromatic rings. The van der Waals surface area contributed by atoms with Gasteiger partial charge in [-0.2, -0.15) is 0 Å². The Balaban J connectivity index is 1.98. The molecule has 1 atom stereocenters. The number of ether oxygens (including phenoxy) is 1. The molecule has 0 heterocycles. The lowest BCUT2D eigenvalue weighted by molar-refractivity contribution is -0.123. The monoisotopic (exact) mass is 395 g/mol. The van der Waals surface area contributed by atoms with E-state index in [0.29, 0.717) is 17.2 Å². The molecule has 0 aliphatic rings. The highest BCUT2D eigenvalue weighted by Crippen LogP contribution is 2.22. The van der Waals surface area contributed by atoms with Crippen molar-refractivity contribution in [3.05, 3.63) is 58.6 Å². The van der Waals surface area contributed by atoms with E-state index in [9.17, 15) is 13.2 Å². The number of aryl methyl sites for hydroxylation is 1. The predicted octanol–water partition coefficient (Wildman–Crippen LogP) is 3.70. The highest BCUT2D eigenvalue weighted by molar-refractivity contribution is 7.90. The van der Waals surface area contributed by atoms with Crippen molar-refractivity contribution in [2.75, 3.05) is 12.9 Å². The summed E-state index contributed by atoms with van der Waals surface area (Å²) in [6.45, 7) is 3.69. The van der Waals surface area contributed by atoms with Gasteiger partial charge in [0.25, 0.3) is 5.91 Å². The van der Waals surface area contributed by atoms with Gasteiger partial charge in [-0.05, 0) is 54.8 Å². The molecule has 0 spiro atoms. The lowest BCUT2D eigenvalue weighted by Gasteiger charge is -2.18. The molecule has 140 valence electrons. The molecule has 0 saturated heterocycles. The number of amides is 1. The quantitative estimate of drug-likeness (QED) is 0.775. The van der Waals surface area contributed by atoms with Crippen LogP contribution >= 0.6 is 11.6 Å². The minimum Gasteiger partial charge on any atom is -0.484 e. The van der Waals surface area contributed by atoms with Gasteiger partial charge in [0.1, 0.15) is 5.75 Å². The van der Waals surface area contributed by atoms with E-state index in [0.717, 1.165) is 17.4 Å². The van der Waals surface area contributed by atoms with Crippen LogP contribution in [0.25, 0.3) is 0 Å². The minimum atomic E-state index is -3.24. The molecule has 7 heteroatoms. The van der Waals surface area contributed by atoms with Gasteiger partial charge in [-0.15, -0.1) is 0 Å². The average Bonchev–Trinajstić information content (AvgIpc) is 2.60. The van der Waals surface area contributed by atoms with Crippen LogP contribution in [0, 0.1) is 6.92 Å². The Labute approximate surface area is 159 Å². The first-order valence-corrected chi connectivity index (χ1v) is 10.5. The second-order valence-corrected chi connectivity index (χ2v) is 8.49. The summed E-state index contributed by atoms with van der Waals surface area (Å²) in [4.78, 5) is 12.4. The Bertz CT molecular complexity index is 879. The maximum absolute atomic E-state index is 12.2. The van der Waals surface area contributed by atoms with Crippen LogP contribution in [-0.4, -0.2) is 27.2 Å². The molecule has 2 aromatic carbocycles. The third-order valence-corrected chi connectivity index (χ3v) is 5.51. The summed E-state index contributed by atoms with van der Waals surface area (Å²) in [5.41, 5.74) is 1.72. The predicted molar refractivity (Wildman–Crippen MR) is 102 cm³/mol. The summed E-state index contributed by atoms with van der Waals surface area (Å²) in [5, 5.41) is 3.54. The zero-order valence-corrected chi connectivity index (χ0v) is 16.5. The summed E-state index contributed by atoms with van der Waals surface area (Å²) in [7, 11) is -3.24. The molecule has 0 aliphatic heterocycles. The first kappa shape index (κ1) is 20.3. The smallest absolute Gasteiger partial charge is 0.258 e. The fraction of sp³-hybridized carbons (Fsp3) is 0.316. The van der Waals surface area contributed by atoms with Crippen LogP contribution in [0.5, 0.6) is 5.75 Å². The maximum atomic E-state index is 12.2. The molecule has 26 heavy (non-hydrogen) atoms. The number of hydrogen-bond donors (Lipinski definition) is 1. The largest absolute Gasteiger partial charge is 0.484 e. The summed E-state index contributed by atoms with van der Waals surface area (Å²) in [5.74, 6) is 0.323. The van der Waals surface area contributed by atoms with E-state index in [1.807, 2.05) is 13.8 Å². The average molecular weight is 396 g/mol. The SMILES string of the molecule is CCC(NC(=O)COc1ccc(Cl)c(C)c1)c1ccc(S(C)(=O)=O)cc1. The Hall–Kier alpha value is -2.05. The molecule has 0 bridgehead atoms. The lowest BCUT2D eigenvalue weighted by Crippen LogP contribution is -2.32. The molecule has 0 fully saturated rings. The maximum Gasteiger partial charge on any atom is 0.258 e. The molecule has 1 amide bonds. The summed E-state index contributed by atoms with van der Waals surface area (Å²) >= 11 is 5.97. The van der Waals surface area contributed by atoms with Gasteiger partial charge in [0.2, 0.25) is 0 Å². The van der Waals surface area contributed by atoms with Crippen LogP contribution in [0.3, 0.4) is 0 Å². The fourth-order valence-electron chi connectivity index (χ4n) is 2.46. The number of nitrogens with one attached hydrogen (secondary N) is 1. The number of carbonyl (C=O) groups is 1. The van der Waals surface area contributed by atoms with E-state index in [1.165, 1.54) is 0 Å². The first-order valence-electron chi connectivity index (χ1n) is 8.19. The number of carbonyl (C=O) groups excluding carboxylic acids is 1. The van der Waals surface area contributed by atoms with Crippen molar-refractivity contribution < 1.29 is 17.9 Å². The van der Waals surface area contributed by atoms with Crippen molar-refractivity contribution >= 4 is 27.3 Å². The standard InChI is InChI=1S/C19H22ClNO4S/c1-4-18(14-5-8-16(9-6-14)26(3,23)24)21-19(22)12-25-15-7-10-17(20)13(2)11-15/h5-11,18H,4,12H2,1-3H3,(H,21,22). The lowest BCUT2D eigenvalue weighted by atomic mass is 10.0. The van der Waals surface area contributed by atoms with Crippen molar-refractivity contribution in [1.82, 2.24) is 5.32 Å². The zero-order valence-electron chi connectivity index (χ0n) is 15.0. The van der Waals surface area contributed by atoms with Crippen LogP contribution in [-0.2, 0) is 14.6 Å². The fourth-order valence-corrected chi connectivity index (χ4v) is 3.21. The van der Waals surface area contributed by atoms with Gasteiger partial charge in [-0.25, -0.2) is 8.42 Å². The molecule has 0 saturated carbocycles. The molecule has 1 N–H and O–H groups in total. The second-order valence-electron chi connectivity index (χ2n) is 6.07. The van der Waals surface area contributed by atoms with E-state index in [-0.39, 0.29) is 23.5 Å². The van der Waals surface area contributed by atoms with Crippen molar-refractivity contribution in [1.29, 1.82) is 0 Å². The van der Waals surface area contributed by atoms with Crippen LogP contribution in [0.15, 0.2) is 47.4 Å². The van der Waals surface area contributed by atoms with Gasteiger partial charge >= 0.3 is 0 Å². The highest BCUT2D eigenvalue weighted by Gasteiger charge is 2.15. The summed E-state index contributed by atoms with van der Waals surface area (Å²) in [6, 6.07) is 11.5. The van der Waals surface area contributed by atoms with Gasteiger partial charge in [-0.3, -0.25) is 4.79 Å². The molecule has 1 unspecified atom stereocenters. The van der Waals surface area contributed by atoms with Gasteiger partial charge in [0.05, 0.1) is 10.9 Å². The molecular formula is C19H22ClNO4S. The third-order valence-electron chi connectivity index (χ3n) is 3.95. The third kappa shape index (κ3) is 5.47.